The van der Waals surface area contributed by atoms with Crippen LogP contribution in [0.4, 0.5) is 5.69 Å². The summed E-state index contributed by atoms with van der Waals surface area (Å²) in [4.78, 5) is 19.1. The Balaban J connectivity index is 0.00000182. The first-order valence-electron chi connectivity index (χ1n) is 8.64. The molecule has 1 amide bonds. The van der Waals surface area contributed by atoms with Crippen molar-refractivity contribution in [1.29, 1.82) is 0 Å². The number of nitrogens with one attached hydrogen (secondary N) is 1. The smallest absolute Gasteiger partial charge is 0.238 e. The van der Waals surface area contributed by atoms with Crippen molar-refractivity contribution in [1.82, 2.24) is 9.88 Å². The molecule has 1 aromatic carbocycles. The quantitative estimate of drug-likeness (QED) is 0.769. The van der Waals surface area contributed by atoms with Gasteiger partial charge in [0.2, 0.25) is 5.91 Å². The van der Waals surface area contributed by atoms with E-state index in [2.05, 4.69) is 29.0 Å². The van der Waals surface area contributed by atoms with Crippen LogP contribution in [0, 0.1) is 12.3 Å². The lowest BCUT2D eigenvalue weighted by Crippen LogP contribution is -2.53. The zero-order valence-electron chi connectivity index (χ0n) is 15.9. The van der Waals surface area contributed by atoms with E-state index in [4.69, 9.17) is 5.73 Å². The average Bonchev–Trinajstić information content (AvgIpc) is 2.97. The Morgan fingerprint density at radius 1 is 1.41 bits per heavy atom. The highest BCUT2D eigenvalue weighted by Gasteiger charge is 2.33. The second kappa shape index (κ2) is 9.85. The molecule has 1 fully saturated rings. The van der Waals surface area contributed by atoms with Crippen LogP contribution in [0.25, 0.3) is 11.3 Å². The Bertz CT molecular complexity index is 766. The molecular formula is C19H28Cl2N4OS. The van der Waals surface area contributed by atoms with E-state index in [1.54, 1.807) is 11.3 Å². The largest absolute Gasteiger partial charge is 0.327 e. The van der Waals surface area contributed by atoms with E-state index in [1.165, 1.54) is 0 Å². The molecule has 27 heavy (non-hydrogen) atoms. The van der Waals surface area contributed by atoms with Gasteiger partial charge in [0, 0.05) is 35.8 Å². The Hall–Kier alpha value is -1.18. The number of thiazole rings is 1. The Morgan fingerprint density at radius 2 is 2.15 bits per heavy atom. The molecule has 2 aromatic rings. The highest BCUT2D eigenvalue weighted by Crippen LogP contribution is 2.28. The summed E-state index contributed by atoms with van der Waals surface area (Å²) in [5.41, 5.74) is 8.99. The lowest BCUT2D eigenvalue weighted by molar-refractivity contribution is -0.118. The number of amides is 1. The van der Waals surface area contributed by atoms with E-state index in [0.717, 1.165) is 41.5 Å². The minimum absolute atomic E-state index is 0. The van der Waals surface area contributed by atoms with Gasteiger partial charge in [-0.15, -0.1) is 36.2 Å². The van der Waals surface area contributed by atoms with Crippen LogP contribution >= 0.6 is 36.2 Å². The number of anilines is 1. The predicted octanol–water partition coefficient (Wildman–Crippen LogP) is 3.96. The number of nitrogens with two attached hydrogens (primary N) is 1. The average molecular weight is 431 g/mol. The number of aryl methyl sites for hydroxylation is 1. The predicted molar refractivity (Wildman–Crippen MR) is 118 cm³/mol. The third-order valence-corrected chi connectivity index (χ3v) is 5.59. The fourth-order valence-electron chi connectivity index (χ4n) is 3.28. The molecular weight excluding hydrogens is 403 g/mol. The fourth-order valence-corrected chi connectivity index (χ4v) is 3.90. The Labute approximate surface area is 177 Å². The van der Waals surface area contributed by atoms with Crippen LogP contribution in [0.5, 0.6) is 0 Å². The molecule has 0 bridgehead atoms. The number of halogens is 2. The molecule has 3 rings (SSSR count). The van der Waals surface area contributed by atoms with Crippen LogP contribution in [-0.4, -0.2) is 41.5 Å². The number of rotatable bonds is 4. The maximum Gasteiger partial charge on any atom is 0.238 e. The Morgan fingerprint density at radius 3 is 2.78 bits per heavy atom. The van der Waals surface area contributed by atoms with Crippen molar-refractivity contribution in [3.63, 3.8) is 0 Å². The van der Waals surface area contributed by atoms with Crippen LogP contribution in [0.2, 0.25) is 0 Å². The van der Waals surface area contributed by atoms with Gasteiger partial charge >= 0.3 is 0 Å². The minimum atomic E-state index is 0. The molecule has 1 aliphatic rings. The molecule has 1 saturated heterocycles. The summed E-state index contributed by atoms with van der Waals surface area (Å²) in [6.45, 7) is 8.44. The summed E-state index contributed by atoms with van der Waals surface area (Å²) in [7, 11) is 0. The second-order valence-corrected chi connectivity index (χ2v) is 8.54. The molecule has 0 saturated carbocycles. The molecule has 8 heteroatoms. The maximum absolute atomic E-state index is 12.4. The van der Waals surface area contributed by atoms with Gasteiger partial charge in [0.05, 0.1) is 17.2 Å². The van der Waals surface area contributed by atoms with Crippen molar-refractivity contribution in [3.8, 4) is 11.3 Å². The van der Waals surface area contributed by atoms with Gasteiger partial charge < -0.3 is 11.1 Å². The highest BCUT2D eigenvalue weighted by atomic mass is 35.5. The molecule has 5 nitrogen and oxygen atoms in total. The van der Waals surface area contributed by atoms with Crippen LogP contribution in [0.3, 0.4) is 0 Å². The van der Waals surface area contributed by atoms with Crippen molar-refractivity contribution in [3.05, 3.63) is 34.7 Å². The van der Waals surface area contributed by atoms with Gasteiger partial charge in [0.15, 0.2) is 0 Å². The second-order valence-electron chi connectivity index (χ2n) is 7.48. The van der Waals surface area contributed by atoms with E-state index < -0.39 is 0 Å². The van der Waals surface area contributed by atoms with E-state index in [1.807, 2.05) is 36.6 Å². The summed E-state index contributed by atoms with van der Waals surface area (Å²) in [6.07, 6.45) is 0.930. The summed E-state index contributed by atoms with van der Waals surface area (Å²) in [6, 6.07) is 8.05. The number of hydrogen-bond acceptors (Lipinski definition) is 5. The third kappa shape index (κ3) is 6.16. The van der Waals surface area contributed by atoms with Gasteiger partial charge in [0.25, 0.3) is 0 Å². The number of aromatic nitrogens is 1. The summed E-state index contributed by atoms with van der Waals surface area (Å²) < 4.78 is 0. The van der Waals surface area contributed by atoms with Gasteiger partial charge in [-0.2, -0.15) is 0 Å². The lowest BCUT2D eigenvalue weighted by atomic mass is 9.80. The van der Waals surface area contributed by atoms with E-state index in [9.17, 15) is 4.79 Å². The van der Waals surface area contributed by atoms with Crippen LogP contribution in [0.15, 0.2) is 29.6 Å². The molecule has 3 N–H and O–H groups in total. The molecule has 1 aromatic heterocycles. The monoisotopic (exact) mass is 430 g/mol. The summed E-state index contributed by atoms with van der Waals surface area (Å²) in [5.74, 6) is 0.0119. The molecule has 0 aliphatic carbocycles. The fraction of sp³-hybridized carbons (Fsp3) is 0.474. The van der Waals surface area contributed by atoms with Gasteiger partial charge in [-0.3, -0.25) is 9.69 Å². The van der Waals surface area contributed by atoms with Crippen molar-refractivity contribution in [2.75, 3.05) is 25.0 Å². The Kier molecular flexibility index (Phi) is 8.70. The molecule has 150 valence electrons. The number of carbonyl (C=O) groups is 1. The molecule has 1 atom stereocenters. The van der Waals surface area contributed by atoms with Gasteiger partial charge in [-0.1, -0.05) is 26.0 Å². The zero-order valence-corrected chi connectivity index (χ0v) is 18.3. The number of nitrogens with zero attached hydrogens (tertiary/aromatic N) is 2. The summed E-state index contributed by atoms with van der Waals surface area (Å²) >= 11 is 1.63. The van der Waals surface area contributed by atoms with E-state index >= 15 is 0 Å². The standard InChI is InChI=1S/C19H26N4OS.2ClH/c1-13-21-16(11-25-13)14-5-4-6-15(9-14)22-18(24)10-23-8-7-17(20)19(2,3)12-23;;/h4-6,9,11,17H,7-8,10,12,20H2,1-3H3,(H,22,24);2*1H. The van der Waals surface area contributed by atoms with E-state index in [0.29, 0.717) is 6.54 Å². The number of carbonyl (C=O) groups excluding carboxylic acids is 1. The van der Waals surface area contributed by atoms with Crippen LogP contribution < -0.4 is 11.1 Å². The minimum Gasteiger partial charge on any atom is -0.327 e. The third-order valence-electron chi connectivity index (χ3n) is 4.82. The van der Waals surface area contributed by atoms with Gasteiger partial charge in [-0.25, -0.2) is 4.98 Å². The maximum atomic E-state index is 12.4. The first-order valence-corrected chi connectivity index (χ1v) is 9.52. The molecule has 0 spiro atoms. The number of hydrogen-bond donors (Lipinski definition) is 2. The van der Waals surface area contributed by atoms with Crippen LogP contribution in [-0.2, 0) is 4.79 Å². The van der Waals surface area contributed by atoms with Crippen molar-refractivity contribution < 1.29 is 4.79 Å². The molecule has 0 radical (unpaired) electrons. The molecule has 2 heterocycles. The SMILES string of the molecule is Cc1nc(-c2cccc(NC(=O)CN3CCC(N)C(C)(C)C3)c2)cs1.Cl.Cl. The van der Waals surface area contributed by atoms with Crippen molar-refractivity contribution in [2.24, 2.45) is 11.1 Å². The van der Waals surface area contributed by atoms with Crippen molar-refractivity contribution in [2.45, 2.75) is 33.2 Å². The van der Waals surface area contributed by atoms with Crippen LogP contribution in [0.1, 0.15) is 25.3 Å². The highest BCUT2D eigenvalue weighted by molar-refractivity contribution is 7.09. The lowest BCUT2D eigenvalue weighted by Gasteiger charge is -2.42. The van der Waals surface area contributed by atoms with E-state index in [-0.39, 0.29) is 42.2 Å². The molecule has 1 unspecified atom stereocenters. The number of benzene rings is 1. The van der Waals surface area contributed by atoms with Gasteiger partial charge in [0.1, 0.15) is 0 Å². The summed E-state index contributed by atoms with van der Waals surface area (Å²) in [5, 5.41) is 6.08. The first-order chi connectivity index (χ1) is 11.8. The number of piperidine rings is 1. The number of likely N-dealkylation sites (tertiary alicyclic amines) is 1. The van der Waals surface area contributed by atoms with Crippen molar-refractivity contribution >= 4 is 47.7 Å². The van der Waals surface area contributed by atoms with Gasteiger partial charge in [-0.05, 0) is 30.9 Å². The zero-order chi connectivity index (χ0) is 18.0. The normalized spacial score (nSPS) is 18.9. The molecule has 1 aliphatic heterocycles. The topological polar surface area (TPSA) is 71.2 Å². The first kappa shape index (κ1) is 23.9.